The van der Waals surface area contributed by atoms with E-state index in [1.54, 1.807) is 36.7 Å². The number of benzene rings is 1. The van der Waals surface area contributed by atoms with Crippen molar-refractivity contribution in [2.24, 2.45) is 5.14 Å². The number of carbonyl (C=O) groups is 1. The molecular formula is C16H18N4O3S. The van der Waals surface area contributed by atoms with Gasteiger partial charge >= 0.3 is 0 Å². The quantitative estimate of drug-likeness (QED) is 0.863. The van der Waals surface area contributed by atoms with Crippen LogP contribution in [0.1, 0.15) is 12.0 Å². The first-order valence-corrected chi connectivity index (χ1v) is 9.09. The third kappa shape index (κ3) is 3.72. The lowest BCUT2D eigenvalue weighted by molar-refractivity contribution is -0.115. The van der Waals surface area contributed by atoms with Crippen molar-refractivity contribution >= 4 is 27.3 Å². The van der Waals surface area contributed by atoms with Crippen molar-refractivity contribution < 1.29 is 13.2 Å². The standard InChI is InChI=1S/C16H18N4O3S/c17-24(22,23)14-6-5-12-3-2-8-20(15(12)9-14)11-16(21)19-13-4-1-7-18-10-13/h1,4-7,9-10H,2-3,8,11H2,(H,19,21)(H2,17,22,23). The number of pyridine rings is 1. The van der Waals surface area contributed by atoms with Gasteiger partial charge in [-0.3, -0.25) is 9.78 Å². The van der Waals surface area contributed by atoms with Crippen molar-refractivity contribution in [3.8, 4) is 0 Å². The minimum Gasteiger partial charge on any atom is -0.362 e. The fraction of sp³-hybridized carbons (Fsp3) is 0.250. The van der Waals surface area contributed by atoms with Gasteiger partial charge in [0, 0.05) is 18.4 Å². The molecule has 0 spiro atoms. The molecule has 1 aliphatic rings. The smallest absolute Gasteiger partial charge is 0.243 e. The summed E-state index contributed by atoms with van der Waals surface area (Å²) in [5.41, 5.74) is 2.38. The molecule has 3 N–H and O–H groups in total. The number of hydrogen-bond donors (Lipinski definition) is 2. The zero-order chi connectivity index (χ0) is 17.2. The van der Waals surface area contributed by atoms with E-state index in [2.05, 4.69) is 10.3 Å². The van der Waals surface area contributed by atoms with Crippen LogP contribution in [0.15, 0.2) is 47.6 Å². The van der Waals surface area contributed by atoms with E-state index in [1.165, 1.54) is 6.07 Å². The summed E-state index contributed by atoms with van der Waals surface area (Å²) in [6, 6.07) is 8.31. The molecule has 0 fully saturated rings. The lowest BCUT2D eigenvalue weighted by atomic mass is 10.0. The van der Waals surface area contributed by atoms with E-state index >= 15 is 0 Å². The second kappa shape index (κ2) is 6.58. The topological polar surface area (TPSA) is 105 Å². The molecule has 1 aromatic carbocycles. The maximum Gasteiger partial charge on any atom is 0.243 e. The van der Waals surface area contributed by atoms with Gasteiger partial charge in [-0.15, -0.1) is 0 Å². The average Bonchev–Trinajstić information content (AvgIpc) is 2.55. The number of nitrogens with one attached hydrogen (secondary N) is 1. The highest BCUT2D eigenvalue weighted by molar-refractivity contribution is 7.89. The van der Waals surface area contributed by atoms with Crippen LogP contribution in [0.25, 0.3) is 0 Å². The van der Waals surface area contributed by atoms with Crippen LogP contribution in [-0.2, 0) is 21.2 Å². The molecule has 0 bridgehead atoms. The van der Waals surface area contributed by atoms with Crippen LogP contribution in [0, 0.1) is 0 Å². The number of hydrogen-bond acceptors (Lipinski definition) is 5. The Bertz CT molecular complexity index is 853. The Kier molecular flexibility index (Phi) is 4.50. The van der Waals surface area contributed by atoms with Crippen molar-refractivity contribution in [1.29, 1.82) is 0 Å². The average molecular weight is 346 g/mol. The maximum atomic E-state index is 12.2. The summed E-state index contributed by atoms with van der Waals surface area (Å²) < 4.78 is 23.1. The largest absolute Gasteiger partial charge is 0.362 e. The summed E-state index contributed by atoms with van der Waals surface area (Å²) in [4.78, 5) is 18.1. The van der Waals surface area contributed by atoms with Gasteiger partial charge < -0.3 is 10.2 Å². The molecule has 1 aliphatic heterocycles. The first-order valence-electron chi connectivity index (χ1n) is 7.54. The lowest BCUT2D eigenvalue weighted by Crippen LogP contribution is -2.37. The van der Waals surface area contributed by atoms with Crippen LogP contribution in [0.3, 0.4) is 0 Å². The number of primary sulfonamides is 1. The molecule has 0 unspecified atom stereocenters. The molecule has 2 heterocycles. The first-order chi connectivity index (χ1) is 11.4. The van der Waals surface area contributed by atoms with Crippen molar-refractivity contribution in [1.82, 2.24) is 4.98 Å². The molecule has 0 saturated heterocycles. The number of rotatable bonds is 4. The molecule has 0 aliphatic carbocycles. The van der Waals surface area contributed by atoms with Gasteiger partial charge in [0.15, 0.2) is 0 Å². The van der Waals surface area contributed by atoms with E-state index in [9.17, 15) is 13.2 Å². The predicted molar refractivity (Wildman–Crippen MR) is 91.2 cm³/mol. The third-order valence-electron chi connectivity index (χ3n) is 3.88. The summed E-state index contributed by atoms with van der Waals surface area (Å²) >= 11 is 0. The molecule has 1 amide bonds. The van der Waals surface area contributed by atoms with Crippen LogP contribution in [0.4, 0.5) is 11.4 Å². The Balaban J connectivity index is 1.80. The molecule has 0 atom stereocenters. The molecule has 0 radical (unpaired) electrons. The number of amides is 1. The van der Waals surface area contributed by atoms with Crippen LogP contribution < -0.4 is 15.4 Å². The number of sulfonamides is 1. The van der Waals surface area contributed by atoms with Gasteiger partial charge in [-0.25, -0.2) is 13.6 Å². The summed E-state index contributed by atoms with van der Waals surface area (Å²) in [5, 5.41) is 7.99. The van der Waals surface area contributed by atoms with Gasteiger partial charge in [0.25, 0.3) is 0 Å². The Morgan fingerprint density at radius 1 is 1.33 bits per heavy atom. The monoisotopic (exact) mass is 346 g/mol. The van der Waals surface area contributed by atoms with E-state index in [0.29, 0.717) is 12.2 Å². The lowest BCUT2D eigenvalue weighted by Gasteiger charge is -2.31. The molecule has 7 nitrogen and oxygen atoms in total. The van der Waals surface area contributed by atoms with Gasteiger partial charge in [-0.05, 0) is 42.7 Å². The summed E-state index contributed by atoms with van der Waals surface area (Å²) in [6.45, 7) is 0.817. The summed E-state index contributed by atoms with van der Waals surface area (Å²) in [5.74, 6) is -0.183. The van der Waals surface area contributed by atoms with Gasteiger partial charge in [-0.1, -0.05) is 6.07 Å². The van der Waals surface area contributed by atoms with Gasteiger partial charge in [0.2, 0.25) is 15.9 Å². The van der Waals surface area contributed by atoms with Gasteiger partial charge in [0.05, 0.1) is 23.3 Å². The fourth-order valence-corrected chi connectivity index (χ4v) is 3.32. The number of fused-ring (bicyclic) bond motifs is 1. The van der Waals surface area contributed by atoms with Gasteiger partial charge in [0.1, 0.15) is 0 Å². The van der Waals surface area contributed by atoms with E-state index in [0.717, 1.165) is 24.1 Å². The Morgan fingerprint density at radius 3 is 2.88 bits per heavy atom. The SMILES string of the molecule is NS(=O)(=O)c1ccc2c(c1)N(CC(=O)Nc1cccnc1)CCC2. The number of nitrogens with two attached hydrogens (primary N) is 1. The second-order valence-electron chi connectivity index (χ2n) is 5.65. The number of carbonyl (C=O) groups excluding carboxylic acids is 1. The first kappa shape index (κ1) is 16.4. The highest BCUT2D eigenvalue weighted by Crippen LogP contribution is 2.29. The van der Waals surface area contributed by atoms with E-state index in [-0.39, 0.29) is 17.3 Å². The van der Waals surface area contributed by atoms with Crippen LogP contribution in [-0.4, -0.2) is 32.4 Å². The molecule has 0 saturated carbocycles. The zero-order valence-corrected chi connectivity index (χ0v) is 13.8. The number of anilines is 2. The van der Waals surface area contributed by atoms with Crippen molar-refractivity contribution in [2.75, 3.05) is 23.3 Å². The van der Waals surface area contributed by atoms with E-state index in [4.69, 9.17) is 5.14 Å². The third-order valence-corrected chi connectivity index (χ3v) is 4.79. The van der Waals surface area contributed by atoms with Crippen molar-refractivity contribution in [2.45, 2.75) is 17.7 Å². The Labute approximate surface area is 140 Å². The number of aromatic nitrogens is 1. The van der Waals surface area contributed by atoms with Crippen LogP contribution in [0.5, 0.6) is 0 Å². The van der Waals surface area contributed by atoms with Crippen LogP contribution >= 0.6 is 0 Å². The summed E-state index contributed by atoms with van der Waals surface area (Å²) in [7, 11) is -3.77. The molecule has 8 heteroatoms. The minimum absolute atomic E-state index is 0.0563. The number of nitrogens with zero attached hydrogens (tertiary/aromatic N) is 2. The Morgan fingerprint density at radius 2 is 2.17 bits per heavy atom. The normalized spacial score (nSPS) is 14.1. The van der Waals surface area contributed by atoms with Crippen molar-refractivity contribution in [3.63, 3.8) is 0 Å². The van der Waals surface area contributed by atoms with Crippen LogP contribution in [0.2, 0.25) is 0 Å². The van der Waals surface area contributed by atoms with E-state index in [1.807, 2.05) is 4.90 Å². The van der Waals surface area contributed by atoms with Crippen molar-refractivity contribution in [3.05, 3.63) is 48.3 Å². The molecular weight excluding hydrogens is 328 g/mol. The summed E-state index contributed by atoms with van der Waals surface area (Å²) in [6.07, 6.45) is 4.95. The predicted octanol–water partition coefficient (Wildman–Crippen LogP) is 1.12. The molecule has 3 rings (SSSR count). The highest BCUT2D eigenvalue weighted by atomic mass is 32.2. The second-order valence-corrected chi connectivity index (χ2v) is 7.21. The number of aryl methyl sites for hydroxylation is 1. The molecule has 1 aromatic heterocycles. The van der Waals surface area contributed by atoms with E-state index < -0.39 is 10.0 Å². The molecule has 2 aromatic rings. The Hall–Kier alpha value is -2.45. The molecule has 24 heavy (non-hydrogen) atoms. The minimum atomic E-state index is -3.77. The fourth-order valence-electron chi connectivity index (χ4n) is 2.78. The highest BCUT2D eigenvalue weighted by Gasteiger charge is 2.21. The zero-order valence-electron chi connectivity index (χ0n) is 13.0. The molecule has 126 valence electrons. The maximum absolute atomic E-state index is 12.2. The van der Waals surface area contributed by atoms with Gasteiger partial charge in [-0.2, -0.15) is 0 Å².